The third-order valence-electron chi connectivity index (χ3n) is 4.26. The highest BCUT2D eigenvalue weighted by molar-refractivity contribution is 7.87. The number of carbonyl (C=O) groups excluding carboxylic acids is 1. The van der Waals surface area contributed by atoms with Crippen LogP contribution in [0.2, 0.25) is 0 Å². The predicted octanol–water partition coefficient (Wildman–Crippen LogP) is 4.61. The Bertz CT molecular complexity index is 720. The lowest BCUT2D eigenvalue weighted by molar-refractivity contribution is -0.134. The first-order chi connectivity index (χ1) is 12.3. The number of benzene rings is 1. The van der Waals surface area contributed by atoms with E-state index in [1.165, 1.54) is 6.92 Å². The van der Waals surface area contributed by atoms with Crippen molar-refractivity contribution in [3.05, 3.63) is 29.8 Å². The first-order valence-electron chi connectivity index (χ1n) is 9.63. The Morgan fingerprint density at radius 1 is 1.19 bits per heavy atom. The van der Waals surface area contributed by atoms with Gasteiger partial charge in [-0.05, 0) is 56.2 Å². The van der Waals surface area contributed by atoms with E-state index in [4.69, 9.17) is 4.18 Å². The van der Waals surface area contributed by atoms with E-state index < -0.39 is 10.1 Å². The summed E-state index contributed by atoms with van der Waals surface area (Å²) in [5.74, 6) is 0.628. The van der Waals surface area contributed by atoms with Crippen molar-refractivity contribution in [3.63, 3.8) is 0 Å². The van der Waals surface area contributed by atoms with Gasteiger partial charge < -0.3 is 9.08 Å². The van der Waals surface area contributed by atoms with Crippen LogP contribution in [0.5, 0.6) is 5.75 Å². The van der Waals surface area contributed by atoms with Crippen molar-refractivity contribution in [1.82, 2.24) is 4.90 Å². The van der Waals surface area contributed by atoms with Crippen LogP contribution in [-0.4, -0.2) is 31.0 Å². The number of nitrogens with zero attached hydrogens (tertiary/aromatic N) is 1. The SMILES string of the molecule is CCS(=O)(=O)Oc1cccc(CN(C(=O)C[C@H](C)CC(C)(C)C)C(C)C)c1. The van der Waals surface area contributed by atoms with Crippen LogP contribution >= 0.6 is 0 Å². The van der Waals surface area contributed by atoms with Gasteiger partial charge in [-0.25, -0.2) is 0 Å². The number of amides is 1. The van der Waals surface area contributed by atoms with Crippen LogP contribution in [0.1, 0.15) is 66.9 Å². The molecule has 0 aliphatic heterocycles. The van der Waals surface area contributed by atoms with Crippen molar-refractivity contribution in [2.24, 2.45) is 11.3 Å². The Balaban J connectivity index is 2.87. The van der Waals surface area contributed by atoms with E-state index in [9.17, 15) is 13.2 Å². The second kappa shape index (κ2) is 9.58. The van der Waals surface area contributed by atoms with E-state index >= 15 is 0 Å². The fourth-order valence-corrected chi connectivity index (χ4v) is 3.70. The molecular formula is C21H35NO4S. The first kappa shape index (κ1) is 23.5. The molecule has 0 saturated carbocycles. The van der Waals surface area contributed by atoms with Crippen LogP contribution in [0.3, 0.4) is 0 Å². The largest absolute Gasteiger partial charge is 0.382 e. The van der Waals surface area contributed by atoms with Gasteiger partial charge in [-0.3, -0.25) is 4.79 Å². The Morgan fingerprint density at radius 3 is 2.33 bits per heavy atom. The van der Waals surface area contributed by atoms with Crippen molar-refractivity contribution in [1.29, 1.82) is 0 Å². The summed E-state index contributed by atoms with van der Waals surface area (Å²) >= 11 is 0. The van der Waals surface area contributed by atoms with Crippen molar-refractivity contribution in [2.75, 3.05) is 5.75 Å². The summed E-state index contributed by atoms with van der Waals surface area (Å²) < 4.78 is 28.4. The predicted molar refractivity (Wildman–Crippen MR) is 110 cm³/mol. The molecule has 154 valence electrons. The molecule has 1 aromatic rings. The van der Waals surface area contributed by atoms with Gasteiger partial charge >= 0.3 is 10.1 Å². The molecule has 1 atom stereocenters. The highest BCUT2D eigenvalue weighted by Gasteiger charge is 2.23. The Hall–Kier alpha value is -1.56. The molecule has 0 unspecified atom stereocenters. The fraction of sp³-hybridized carbons (Fsp3) is 0.667. The molecule has 0 spiro atoms. The lowest BCUT2D eigenvalue weighted by Gasteiger charge is -2.30. The zero-order valence-corrected chi connectivity index (χ0v) is 18.6. The molecule has 0 radical (unpaired) electrons. The van der Waals surface area contributed by atoms with Gasteiger partial charge in [0.05, 0.1) is 5.75 Å². The summed E-state index contributed by atoms with van der Waals surface area (Å²) in [6.45, 7) is 14.6. The van der Waals surface area contributed by atoms with Crippen LogP contribution in [0.4, 0.5) is 0 Å². The molecule has 0 aliphatic rings. The number of carbonyl (C=O) groups is 1. The maximum atomic E-state index is 12.8. The zero-order valence-electron chi connectivity index (χ0n) is 17.8. The van der Waals surface area contributed by atoms with Crippen LogP contribution < -0.4 is 4.18 Å². The smallest absolute Gasteiger partial charge is 0.308 e. The Morgan fingerprint density at radius 2 is 1.81 bits per heavy atom. The quantitative estimate of drug-likeness (QED) is 0.571. The first-order valence-corrected chi connectivity index (χ1v) is 11.2. The van der Waals surface area contributed by atoms with Crippen LogP contribution in [-0.2, 0) is 21.5 Å². The molecule has 1 rings (SSSR count). The monoisotopic (exact) mass is 397 g/mol. The summed E-state index contributed by atoms with van der Waals surface area (Å²) in [6.07, 6.45) is 1.50. The molecule has 6 heteroatoms. The third-order valence-corrected chi connectivity index (χ3v) is 5.41. The van der Waals surface area contributed by atoms with E-state index in [0.29, 0.717) is 18.9 Å². The molecule has 0 aromatic heterocycles. The minimum atomic E-state index is -3.56. The molecule has 1 aromatic carbocycles. The standard InChI is InChI=1S/C21H35NO4S/c1-8-27(24,25)26-19-11-9-10-18(13-19)15-22(16(2)3)20(23)12-17(4)14-21(5,6)7/h9-11,13,16-17H,8,12,14-15H2,1-7H3/t17-/m0/s1. The molecule has 0 N–H and O–H groups in total. The second-order valence-electron chi connectivity index (χ2n) is 8.77. The van der Waals surface area contributed by atoms with Crippen molar-refractivity contribution in [2.45, 2.75) is 73.9 Å². The van der Waals surface area contributed by atoms with Gasteiger partial charge in [-0.2, -0.15) is 8.42 Å². The van der Waals surface area contributed by atoms with Crippen LogP contribution in [0.25, 0.3) is 0 Å². The van der Waals surface area contributed by atoms with Gasteiger partial charge in [0.15, 0.2) is 0 Å². The molecular weight excluding hydrogens is 362 g/mol. The highest BCUT2D eigenvalue weighted by atomic mass is 32.2. The summed E-state index contributed by atoms with van der Waals surface area (Å²) in [4.78, 5) is 14.7. The van der Waals surface area contributed by atoms with Gasteiger partial charge in [-0.1, -0.05) is 39.8 Å². The number of rotatable bonds is 9. The summed E-state index contributed by atoms with van der Waals surface area (Å²) in [5.41, 5.74) is 1.04. The minimum Gasteiger partial charge on any atom is -0.382 e. The molecule has 0 aliphatic carbocycles. The van der Waals surface area contributed by atoms with Crippen molar-refractivity contribution >= 4 is 16.0 Å². The fourth-order valence-electron chi connectivity index (χ4n) is 3.19. The normalized spacial score (nSPS) is 13.5. The molecule has 0 saturated heterocycles. The Labute approximate surface area is 165 Å². The molecule has 5 nitrogen and oxygen atoms in total. The second-order valence-corrected chi connectivity index (χ2v) is 10.6. The van der Waals surface area contributed by atoms with E-state index in [2.05, 4.69) is 27.7 Å². The third kappa shape index (κ3) is 8.78. The maximum Gasteiger partial charge on any atom is 0.308 e. The highest BCUT2D eigenvalue weighted by Crippen LogP contribution is 2.27. The summed E-state index contributed by atoms with van der Waals surface area (Å²) in [7, 11) is -3.56. The average Bonchev–Trinajstić information content (AvgIpc) is 2.50. The summed E-state index contributed by atoms with van der Waals surface area (Å²) in [5, 5.41) is 0. The molecule has 0 heterocycles. The van der Waals surface area contributed by atoms with Crippen LogP contribution in [0, 0.1) is 11.3 Å². The average molecular weight is 398 g/mol. The van der Waals surface area contributed by atoms with Crippen molar-refractivity contribution < 1.29 is 17.4 Å². The number of hydrogen-bond acceptors (Lipinski definition) is 4. The topological polar surface area (TPSA) is 63.7 Å². The van der Waals surface area contributed by atoms with Gasteiger partial charge in [0, 0.05) is 19.0 Å². The maximum absolute atomic E-state index is 12.8. The minimum absolute atomic E-state index is 0.0586. The van der Waals surface area contributed by atoms with E-state index in [-0.39, 0.29) is 28.9 Å². The molecule has 0 fully saturated rings. The lowest BCUT2D eigenvalue weighted by Crippen LogP contribution is -2.37. The van der Waals surface area contributed by atoms with Gasteiger partial charge in [-0.15, -0.1) is 0 Å². The van der Waals surface area contributed by atoms with E-state index in [0.717, 1.165) is 12.0 Å². The van der Waals surface area contributed by atoms with Crippen LogP contribution in [0.15, 0.2) is 24.3 Å². The van der Waals surface area contributed by atoms with E-state index in [1.54, 1.807) is 18.2 Å². The lowest BCUT2D eigenvalue weighted by atomic mass is 9.84. The van der Waals surface area contributed by atoms with Gasteiger partial charge in [0.1, 0.15) is 5.75 Å². The molecule has 0 bridgehead atoms. The molecule has 1 amide bonds. The zero-order chi connectivity index (χ0) is 20.8. The van der Waals surface area contributed by atoms with E-state index in [1.807, 2.05) is 24.8 Å². The Kier molecular flexibility index (Phi) is 8.33. The summed E-state index contributed by atoms with van der Waals surface area (Å²) in [6, 6.07) is 6.99. The molecule has 27 heavy (non-hydrogen) atoms. The van der Waals surface area contributed by atoms with Crippen molar-refractivity contribution in [3.8, 4) is 5.75 Å². The number of hydrogen-bond donors (Lipinski definition) is 0. The van der Waals surface area contributed by atoms with Gasteiger partial charge in [0.25, 0.3) is 0 Å². The van der Waals surface area contributed by atoms with Gasteiger partial charge in [0.2, 0.25) is 5.91 Å².